The van der Waals surface area contributed by atoms with Crippen molar-refractivity contribution in [3.05, 3.63) is 22.7 Å². The Morgan fingerprint density at radius 2 is 2.19 bits per heavy atom. The zero-order valence-corrected chi connectivity index (χ0v) is 12.5. The molecular formula is C14H16ClNO5. The number of carboxylic acids is 1. The first-order valence-corrected chi connectivity index (χ1v) is 6.81. The quantitative estimate of drug-likeness (QED) is 0.892. The Kier molecular flexibility index (Phi) is 4.39. The maximum Gasteiger partial charge on any atom is 0.339 e. The van der Waals surface area contributed by atoms with E-state index in [0.29, 0.717) is 18.7 Å². The molecule has 1 aliphatic rings. The van der Waals surface area contributed by atoms with Crippen molar-refractivity contribution in [2.45, 2.75) is 25.4 Å². The van der Waals surface area contributed by atoms with Crippen molar-refractivity contribution in [1.82, 2.24) is 0 Å². The number of ether oxygens (including phenoxy) is 2. The molecule has 0 saturated carbocycles. The molecule has 0 bridgehead atoms. The van der Waals surface area contributed by atoms with Gasteiger partial charge in [-0.3, -0.25) is 4.79 Å². The number of nitrogens with one attached hydrogen (secondary N) is 1. The molecule has 2 rings (SSSR count). The van der Waals surface area contributed by atoms with E-state index < -0.39 is 11.6 Å². The molecule has 1 saturated heterocycles. The fourth-order valence-corrected chi connectivity index (χ4v) is 2.41. The van der Waals surface area contributed by atoms with Crippen LogP contribution in [0.15, 0.2) is 12.1 Å². The van der Waals surface area contributed by atoms with Crippen LogP contribution in [0.5, 0.6) is 5.75 Å². The molecule has 1 aliphatic heterocycles. The summed E-state index contributed by atoms with van der Waals surface area (Å²) in [5.41, 5.74) is -0.661. The van der Waals surface area contributed by atoms with Gasteiger partial charge in [0.2, 0.25) is 0 Å². The maximum absolute atomic E-state index is 12.3. The number of carboxylic acid groups (broad SMARTS) is 1. The van der Waals surface area contributed by atoms with Gasteiger partial charge in [-0.15, -0.1) is 0 Å². The molecule has 1 heterocycles. The van der Waals surface area contributed by atoms with Gasteiger partial charge in [0.1, 0.15) is 16.9 Å². The lowest BCUT2D eigenvalue weighted by atomic mass is 10.0. The normalized spacial score (nSPS) is 21.1. The molecular weight excluding hydrogens is 298 g/mol. The highest BCUT2D eigenvalue weighted by Crippen LogP contribution is 2.33. The fourth-order valence-electron chi connectivity index (χ4n) is 2.20. The minimum Gasteiger partial charge on any atom is -0.496 e. The second-order valence-electron chi connectivity index (χ2n) is 4.97. The monoisotopic (exact) mass is 313 g/mol. The summed E-state index contributed by atoms with van der Waals surface area (Å²) in [6.45, 7) is 2.25. The Balaban J connectivity index is 2.28. The lowest BCUT2D eigenvalue weighted by molar-refractivity contribution is -0.133. The number of methoxy groups -OCH3 is 1. The van der Waals surface area contributed by atoms with Gasteiger partial charge in [-0.1, -0.05) is 11.6 Å². The fraction of sp³-hybridized carbons (Fsp3) is 0.429. The van der Waals surface area contributed by atoms with E-state index in [-0.39, 0.29) is 22.2 Å². The highest BCUT2D eigenvalue weighted by atomic mass is 35.5. The third kappa shape index (κ3) is 3.11. The Morgan fingerprint density at radius 3 is 2.71 bits per heavy atom. The number of rotatable bonds is 4. The van der Waals surface area contributed by atoms with Crippen LogP contribution in [0.4, 0.5) is 5.69 Å². The minimum atomic E-state index is -1.15. The van der Waals surface area contributed by atoms with E-state index in [1.54, 1.807) is 6.92 Å². The van der Waals surface area contributed by atoms with Crippen LogP contribution in [-0.2, 0) is 9.53 Å². The highest BCUT2D eigenvalue weighted by molar-refractivity contribution is 6.34. The number of benzene rings is 1. The van der Waals surface area contributed by atoms with E-state index in [0.717, 1.165) is 6.42 Å². The highest BCUT2D eigenvalue weighted by Gasteiger charge is 2.38. The molecule has 0 aliphatic carbocycles. The van der Waals surface area contributed by atoms with Crippen LogP contribution < -0.4 is 10.1 Å². The van der Waals surface area contributed by atoms with Crippen molar-refractivity contribution in [3.63, 3.8) is 0 Å². The van der Waals surface area contributed by atoms with Crippen molar-refractivity contribution in [3.8, 4) is 5.75 Å². The molecule has 7 heteroatoms. The van der Waals surface area contributed by atoms with Crippen LogP contribution >= 0.6 is 11.6 Å². The Bertz CT molecular complexity index is 581. The third-order valence-electron chi connectivity index (χ3n) is 3.47. The molecule has 114 valence electrons. The molecule has 0 spiro atoms. The van der Waals surface area contributed by atoms with Crippen molar-refractivity contribution in [1.29, 1.82) is 0 Å². The minimum absolute atomic E-state index is 0.0659. The van der Waals surface area contributed by atoms with Gasteiger partial charge >= 0.3 is 5.97 Å². The SMILES string of the molecule is COc1cc(NC(=O)C2(C)CCCO2)c(Cl)cc1C(=O)O. The van der Waals surface area contributed by atoms with Gasteiger partial charge in [0.25, 0.3) is 5.91 Å². The van der Waals surface area contributed by atoms with Gasteiger partial charge in [-0.25, -0.2) is 4.79 Å². The van der Waals surface area contributed by atoms with Crippen molar-refractivity contribution < 1.29 is 24.2 Å². The summed E-state index contributed by atoms with van der Waals surface area (Å²) in [6.07, 6.45) is 1.44. The zero-order chi connectivity index (χ0) is 15.6. The summed E-state index contributed by atoms with van der Waals surface area (Å²) in [7, 11) is 1.35. The first kappa shape index (κ1) is 15.6. The maximum atomic E-state index is 12.3. The number of carbonyl (C=O) groups excluding carboxylic acids is 1. The van der Waals surface area contributed by atoms with Crippen LogP contribution in [0, 0.1) is 0 Å². The van der Waals surface area contributed by atoms with Crippen molar-refractivity contribution in [2.24, 2.45) is 0 Å². The second-order valence-corrected chi connectivity index (χ2v) is 5.38. The van der Waals surface area contributed by atoms with E-state index in [9.17, 15) is 9.59 Å². The first-order valence-electron chi connectivity index (χ1n) is 6.43. The number of anilines is 1. The molecule has 1 atom stereocenters. The average Bonchev–Trinajstić information content (AvgIpc) is 2.88. The van der Waals surface area contributed by atoms with Gasteiger partial charge in [0, 0.05) is 12.7 Å². The van der Waals surface area contributed by atoms with Gasteiger partial charge in [-0.05, 0) is 25.8 Å². The standard InChI is InChI=1S/C14H16ClNO5/c1-14(4-3-5-21-14)13(19)16-10-7-11(20-2)8(12(17)18)6-9(10)15/h6-7H,3-5H2,1-2H3,(H,16,19)(H,17,18). The molecule has 0 aromatic heterocycles. The Morgan fingerprint density at radius 1 is 1.48 bits per heavy atom. The van der Waals surface area contributed by atoms with Gasteiger partial charge in [0.05, 0.1) is 17.8 Å². The first-order chi connectivity index (χ1) is 9.87. The van der Waals surface area contributed by atoms with Gasteiger partial charge in [0.15, 0.2) is 0 Å². The number of amides is 1. The number of carbonyl (C=O) groups is 2. The van der Waals surface area contributed by atoms with Crippen LogP contribution in [0.2, 0.25) is 5.02 Å². The number of halogens is 1. The van der Waals surface area contributed by atoms with Crippen molar-refractivity contribution >= 4 is 29.2 Å². The van der Waals surface area contributed by atoms with E-state index in [1.165, 1.54) is 19.2 Å². The van der Waals surface area contributed by atoms with Crippen LogP contribution in [0.1, 0.15) is 30.1 Å². The van der Waals surface area contributed by atoms with Gasteiger partial charge in [-0.2, -0.15) is 0 Å². The Hall–Kier alpha value is -1.79. The summed E-state index contributed by atoms with van der Waals surface area (Å²) in [6, 6.07) is 2.64. The smallest absolute Gasteiger partial charge is 0.339 e. The summed E-state index contributed by atoms with van der Waals surface area (Å²) in [5.74, 6) is -1.34. The summed E-state index contributed by atoms with van der Waals surface area (Å²) in [5, 5.41) is 11.9. The van der Waals surface area contributed by atoms with E-state index in [2.05, 4.69) is 5.32 Å². The van der Waals surface area contributed by atoms with Crippen LogP contribution in [0.3, 0.4) is 0 Å². The van der Waals surface area contributed by atoms with E-state index in [4.69, 9.17) is 26.2 Å². The average molecular weight is 314 g/mol. The molecule has 0 radical (unpaired) electrons. The summed E-state index contributed by atoms with van der Waals surface area (Å²) >= 11 is 6.02. The van der Waals surface area contributed by atoms with Gasteiger partial charge < -0.3 is 19.9 Å². The van der Waals surface area contributed by atoms with Crippen LogP contribution in [-0.4, -0.2) is 36.3 Å². The molecule has 1 amide bonds. The predicted molar refractivity (Wildman–Crippen MR) is 77.2 cm³/mol. The van der Waals surface area contributed by atoms with E-state index >= 15 is 0 Å². The summed E-state index contributed by atoms with van der Waals surface area (Å²) < 4.78 is 10.5. The molecule has 2 N–H and O–H groups in total. The molecule has 1 fully saturated rings. The molecule has 1 aromatic rings. The topological polar surface area (TPSA) is 84.9 Å². The third-order valence-corrected chi connectivity index (χ3v) is 3.78. The number of aromatic carboxylic acids is 1. The zero-order valence-electron chi connectivity index (χ0n) is 11.7. The molecule has 6 nitrogen and oxygen atoms in total. The lowest BCUT2D eigenvalue weighted by Crippen LogP contribution is -2.39. The Labute approximate surface area is 127 Å². The number of hydrogen-bond donors (Lipinski definition) is 2. The molecule has 1 unspecified atom stereocenters. The second kappa shape index (κ2) is 5.91. The van der Waals surface area contributed by atoms with E-state index in [1.807, 2.05) is 0 Å². The van der Waals surface area contributed by atoms with Crippen LogP contribution in [0.25, 0.3) is 0 Å². The largest absolute Gasteiger partial charge is 0.496 e. The van der Waals surface area contributed by atoms with Crippen molar-refractivity contribution in [2.75, 3.05) is 19.0 Å². The predicted octanol–water partition coefficient (Wildman–Crippen LogP) is 2.55. The molecule has 21 heavy (non-hydrogen) atoms. The molecule has 1 aromatic carbocycles. The summed E-state index contributed by atoms with van der Waals surface area (Å²) in [4.78, 5) is 23.3. The lowest BCUT2D eigenvalue weighted by Gasteiger charge is -2.22. The number of hydrogen-bond acceptors (Lipinski definition) is 4.